The minimum absolute atomic E-state index is 0.0744. The Balaban J connectivity index is 1.94. The minimum atomic E-state index is 0.0744. The summed E-state index contributed by atoms with van der Waals surface area (Å²) >= 11 is 2.03. The third-order valence-corrected chi connectivity index (χ3v) is 5.14. The number of rotatable bonds is 1. The smallest absolute Gasteiger partial charge is 0.124 e. The van der Waals surface area contributed by atoms with Gasteiger partial charge in [0.1, 0.15) is 11.4 Å². The fraction of sp³-hybridized carbons (Fsp3) is 0.571. The summed E-state index contributed by atoms with van der Waals surface area (Å²) in [6.07, 6.45) is 3.59. The van der Waals surface area contributed by atoms with Crippen molar-refractivity contribution in [3.63, 3.8) is 0 Å². The van der Waals surface area contributed by atoms with Gasteiger partial charge in [0.15, 0.2) is 0 Å². The Morgan fingerprint density at radius 3 is 3.06 bits per heavy atom. The van der Waals surface area contributed by atoms with Crippen LogP contribution >= 0.6 is 11.8 Å². The lowest BCUT2D eigenvalue weighted by molar-refractivity contribution is 0.0425. The first-order valence-corrected chi connectivity index (χ1v) is 7.51. The van der Waals surface area contributed by atoms with Crippen molar-refractivity contribution >= 4 is 11.8 Å². The predicted octanol–water partition coefficient (Wildman–Crippen LogP) is 3.00. The molecule has 0 aromatic heterocycles. The number of nitrogens with one attached hydrogen (secondary N) is 1. The van der Waals surface area contributed by atoms with E-state index in [9.17, 15) is 0 Å². The van der Waals surface area contributed by atoms with E-state index in [1.165, 1.54) is 24.2 Å². The van der Waals surface area contributed by atoms with Crippen LogP contribution in [0.25, 0.3) is 0 Å². The molecular weight excluding hydrogens is 230 g/mol. The lowest BCUT2D eigenvalue weighted by Crippen LogP contribution is -2.47. The Morgan fingerprint density at radius 1 is 1.41 bits per heavy atom. The quantitative estimate of drug-likeness (QED) is 0.826. The highest BCUT2D eigenvalue weighted by Gasteiger charge is 2.41. The van der Waals surface area contributed by atoms with Gasteiger partial charge < -0.3 is 10.1 Å². The molecule has 2 nitrogen and oxygen atoms in total. The van der Waals surface area contributed by atoms with Gasteiger partial charge in [0.2, 0.25) is 0 Å². The van der Waals surface area contributed by atoms with Crippen LogP contribution in [0, 0.1) is 0 Å². The second-order valence-corrected chi connectivity index (χ2v) is 6.13. The lowest BCUT2D eigenvalue weighted by atomic mass is 9.85. The Morgan fingerprint density at radius 2 is 2.29 bits per heavy atom. The van der Waals surface area contributed by atoms with E-state index >= 15 is 0 Å². The number of hydrogen-bond donors (Lipinski definition) is 1. The van der Waals surface area contributed by atoms with Crippen molar-refractivity contribution in [2.75, 3.05) is 18.6 Å². The van der Waals surface area contributed by atoms with Gasteiger partial charge in [0.05, 0.1) is 0 Å². The summed E-state index contributed by atoms with van der Waals surface area (Å²) in [5, 5.41) is 3.44. The zero-order valence-electron chi connectivity index (χ0n) is 10.2. The summed E-state index contributed by atoms with van der Waals surface area (Å²) in [5.41, 5.74) is 1.39. The van der Waals surface area contributed by atoms with Crippen LogP contribution in [0.4, 0.5) is 0 Å². The molecule has 17 heavy (non-hydrogen) atoms. The van der Waals surface area contributed by atoms with Gasteiger partial charge in [-0.2, -0.15) is 11.8 Å². The van der Waals surface area contributed by atoms with Crippen molar-refractivity contribution in [1.82, 2.24) is 5.32 Å². The number of thioether (sulfide) groups is 1. The van der Waals surface area contributed by atoms with Crippen LogP contribution in [-0.4, -0.2) is 24.2 Å². The summed E-state index contributed by atoms with van der Waals surface area (Å²) in [6, 6.07) is 8.90. The van der Waals surface area contributed by atoms with Gasteiger partial charge in [0, 0.05) is 23.8 Å². The molecule has 2 unspecified atom stereocenters. The zero-order chi connectivity index (χ0) is 11.7. The molecule has 3 heteroatoms. The molecule has 92 valence electrons. The van der Waals surface area contributed by atoms with Crippen LogP contribution in [0.3, 0.4) is 0 Å². The summed E-state index contributed by atoms with van der Waals surface area (Å²) in [6.45, 7) is 0. The topological polar surface area (TPSA) is 21.3 Å². The maximum absolute atomic E-state index is 6.33. The number of para-hydroxylation sites is 1. The van der Waals surface area contributed by atoms with E-state index in [0.717, 1.165) is 17.9 Å². The number of fused-ring (bicyclic) bond motifs is 1. The molecule has 1 aromatic carbocycles. The van der Waals surface area contributed by atoms with Crippen molar-refractivity contribution in [1.29, 1.82) is 0 Å². The van der Waals surface area contributed by atoms with E-state index in [1.54, 1.807) is 0 Å². The molecule has 1 aromatic rings. The Hall–Kier alpha value is -0.670. The van der Waals surface area contributed by atoms with Gasteiger partial charge in [-0.05, 0) is 31.7 Å². The van der Waals surface area contributed by atoms with Gasteiger partial charge >= 0.3 is 0 Å². The van der Waals surface area contributed by atoms with Crippen molar-refractivity contribution in [2.24, 2.45) is 0 Å². The van der Waals surface area contributed by atoms with Crippen LogP contribution in [0.5, 0.6) is 5.75 Å². The number of hydrogen-bond acceptors (Lipinski definition) is 3. The van der Waals surface area contributed by atoms with Crippen molar-refractivity contribution in [3.05, 3.63) is 29.8 Å². The van der Waals surface area contributed by atoms with E-state index in [4.69, 9.17) is 4.74 Å². The lowest BCUT2D eigenvalue weighted by Gasteiger charge is -2.44. The molecule has 3 rings (SSSR count). The molecule has 0 saturated carbocycles. The maximum atomic E-state index is 6.33. The van der Waals surface area contributed by atoms with E-state index < -0.39 is 0 Å². The normalized spacial score (nSPS) is 31.9. The average molecular weight is 249 g/mol. The Kier molecular flexibility index (Phi) is 3.05. The van der Waals surface area contributed by atoms with Gasteiger partial charge in [-0.3, -0.25) is 0 Å². The molecule has 2 atom stereocenters. The van der Waals surface area contributed by atoms with Crippen LogP contribution in [0.15, 0.2) is 24.3 Å². The van der Waals surface area contributed by atoms with E-state index in [1.807, 2.05) is 11.8 Å². The van der Waals surface area contributed by atoms with Crippen LogP contribution in [0.2, 0.25) is 0 Å². The first-order chi connectivity index (χ1) is 8.33. The van der Waals surface area contributed by atoms with Gasteiger partial charge in [-0.15, -0.1) is 0 Å². The standard InChI is InChI=1S/C14H19NOS/c1-15-12-9-14(7-4-8-17-10-14)16-13-6-3-2-5-11(12)13/h2-3,5-6,12,15H,4,7-10H2,1H3. The minimum Gasteiger partial charge on any atom is -0.486 e. The zero-order valence-corrected chi connectivity index (χ0v) is 11.1. The summed E-state index contributed by atoms with van der Waals surface area (Å²) in [4.78, 5) is 0. The maximum Gasteiger partial charge on any atom is 0.124 e. The van der Waals surface area contributed by atoms with E-state index in [-0.39, 0.29) is 5.60 Å². The molecule has 1 N–H and O–H groups in total. The molecule has 0 amide bonds. The number of benzene rings is 1. The largest absolute Gasteiger partial charge is 0.486 e. The predicted molar refractivity (Wildman–Crippen MR) is 72.8 cm³/mol. The Labute approximate surface area is 107 Å². The van der Waals surface area contributed by atoms with Crippen LogP contribution in [-0.2, 0) is 0 Å². The molecule has 2 aliphatic heterocycles. The van der Waals surface area contributed by atoms with Crippen LogP contribution in [0.1, 0.15) is 30.9 Å². The fourth-order valence-electron chi connectivity index (χ4n) is 2.94. The van der Waals surface area contributed by atoms with Crippen molar-refractivity contribution in [2.45, 2.75) is 30.9 Å². The van der Waals surface area contributed by atoms with Crippen LogP contribution < -0.4 is 10.1 Å². The molecule has 1 fully saturated rings. The molecule has 0 radical (unpaired) electrons. The molecule has 2 aliphatic rings. The summed E-state index contributed by atoms with van der Waals surface area (Å²) < 4.78 is 6.33. The highest BCUT2D eigenvalue weighted by atomic mass is 32.2. The highest BCUT2D eigenvalue weighted by molar-refractivity contribution is 7.99. The number of ether oxygens (including phenoxy) is 1. The van der Waals surface area contributed by atoms with Crippen molar-refractivity contribution < 1.29 is 4.74 Å². The molecule has 1 saturated heterocycles. The van der Waals surface area contributed by atoms with Crippen molar-refractivity contribution in [3.8, 4) is 5.75 Å². The second kappa shape index (κ2) is 4.54. The SMILES string of the molecule is CNC1CC2(CCCSC2)Oc2ccccc21. The third kappa shape index (κ3) is 2.06. The second-order valence-electron chi connectivity index (χ2n) is 5.02. The molecule has 0 bridgehead atoms. The van der Waals surface area contributed by atoms with Gasteiger partial charge in [-0.25, -0.2) is 0 Å². The monoisotopic (exact) mass is 249 g/mol. The Bertz CT molecular complexity index is 401. The summed E-state index contributed by atoms with van der Waals surface area (Å²) in [5.74, 6) is 3.51. The third-order valence-electron chi connectivity index (χ3n) is 3.83. The van der Waals surface area contributed by atoms with E-state index in [2.05, 4.69) is 36.6 Å². The first kappa shape index (κ1) is 11.4. The fourth-order valence-corrected chi connectivity index (χ4v) is 4.13. The first-order valence-electron chi connectivity index (χ1n) is 6.36. The average Bonchev–Trinajstić information content (AvgIpc) is 2.38. The van der Waals surface area contributed by atoms with E-state index in [0.29, 0.717) is 6.04 Å². The highest BCUT2D eigenvalue weighted by Crippen LogP contribution is 2.44. The molecule has 0 aliphatic carbocycles. The molecule has 1 spiro atoms. The summed E-state index contributed by atoms with van der Waals surface area (Å²) in [7, 11) is 2.05. The molecule has 2 heterocycles. The van der Waals surface area contributed by atoms with Gasteiger partial charge in [-0.1, -0.05) is 18.2 Å². The molecular formula is C14H19NOS. The van der Waals surface area contributed by atoms with Gasteiger partial charge in [0.25, 0.3) is 0 Å².